The average Bonchev–Trinajstić information content (AvgIpc) is 3.34. The smallest absolute Gasteiger partial charge is 0.289 e. The number of imidazole rings is 1. The van der Waals surface area contributed by atoms with Gasteiger partial charge in [0.2, 0.25) is 0 Å². The lowest BCUT2D eigenvalue weighted by Crippen LogP contribution is -2.60. The Hall–Kier alpha value is -2.34. The van der Waals surface area contributed by atoms with E-state index >= 15 is 0 Å². The predicted molar refractivity (Wildman–Crippen MR) is 102 cm³/mol. The van der Waals surface area contributed by atoms with Crippen LogP contribution in [0.4, 0.5) is 0 Å². The number of aromatic amines is 1. The van der Waals surface area contributed by atoms with E-state index in [1.165, 1.54) is 18.4 Å². The van der Waals surface area contributed by atoms with Crippen LogP contribution in [0.5, 0.6) is 5.75 Å². The molecule has 0 aliphatic carbocycles. The van der Waals surface area contributed by atoms with Gasteiger partial charge in [-0.2, -0.15) is 0 Å². The highest BCUT2D eigenvalue weighted by Crippen LogP contribution is 2.47. The first kappa shape index (κ1) is 16.8. The Kier molecular flexibility index (Phi) is 3.97. The number of fused-ring (bicyclic) bond motifs is 2. The number of amides is 1. The maximum atomic E-state index is 13.3. The van der Waals surface area contributed by atoms with Gasteiger partial charge < -0.3 is 14.6 Å². The van der Waals surface area contributed by atoms with Gasteiger partial charge in [-0.15, -0.1) is 0 Å². The summed E-state index contributed by atoms with van der Waals surface area (Å²) in [4.78, 5) is 25.4. The Labute approximate surface area is 159 Å². The molecule has 2 aromatic rings. The SMILES string of the molecule is COc1ccc([C@@H]2CN(C(=O)c3ncc(C)[nH]3)[C@@H]3C4CCN(CC4)[C@@H]32)cc1. The van der Waals surface area contributed by atoms with Gasteiger partial charge >= 0.3 is 0 Å². The lowest BCUT2D eigenvalue weighted by Gasteiger charge is -2.51. The lowest BCUT2D eigenvalue weighted by molar-refractivity contribution is -0.00374. The van der Waals surface area contributed by atoms with Crippen LogP contribution in [0.25, 0.3) is 0 Å². The van der Waals surface area contributed by atoms with Crippen molar-refractivity contribution in [1.82, 2.24) is 19.8 Å². The molecule has 4 fully saturated rings. The molecule has 0 radical (unpaired) electrons. The van der Waals surface area contributed by atoms with Crippen molar-refractivity contribution in [3.05, 3.63) is 47.5 Å². The minimum absolute atomic E-state index is 0.0443. The van der Waals surface area contributed by atoms with Crippen LogP contribution in [0, 0.1) is 12.8 Å². The van der Waals surface area contributed by atoms with Gasteiger partial charge in [0, 0.05) is 30.4 Å². The fraction of sp³-hybridized carbons (Fsp3) is 0.524. The summed E-state index contributed by atoms with van der Waals surface area (Å²) in [5.74, 6) is 2.32. The van der Waals surface area contributed by atoms with Gasteiger partial charge in [0.1, 0.15) is 5.75 Å². The van der Waals surface area contributed by atoms with Crippen LogP contribution in [-0.4, -0.2) is 64.5 Å². The number of nitrogens with zero attached hydrogens (tertiary/aromatic N) is 3. The van der Waals surface area contributed by atoms with E-state index < -0.39 is 0 Å². The molecule has 1 amide bonds. The number of aryl methyl sites for hydroxylation is 1. The Balaban J connectivity index is 1.50. The molecule has 5 heterocycles. The zero-order valence-electron chi connectivity index (χ0n) is 15.9. The van der Waals surface area contributed by atoms with Gasteiger partial charge in [-0.25, -0.2) is 4.98 Å². The summed E-state index contributed by atoms with van der Waals surface area (Å²) in [6, 6.07) is 9.08. The molecule has 1 aromatic carbocycles. The fourth-order valence-corrected chi connectivity index (χ4v) is 5.46. The van der Waals surface area contributed by atoms with Gasteiger partial charge in [0.15, 0.2) is 5.82 Å². The van der Waals surface area contributed by atoms with Gasteiger partial charge in [-0.1, -0.05) is 12.1 Å². The van der Waals surface area contributed by atoms with Crippen molar-refractivity contribution < 1.29 is 9.53 Å². The van der Waals surface area contributed by atoms with Crippen LogP contribution in [0.2, 0.25) is 0 Å². The third kappa shape index (κ3) is 2.65. The van der Waals surface area contributed by atoms with Crippen LogP contribution in [0.15, 0.2) is 30.5 Å². The third-order valence-electron chi connectivity index (χ3n) is 6.70. The van der Waals surface area contributed by atoms with Crippen LogP contribution in [0.3, 0.4) is 0 Å². The molecular formula is C21H26N4O2. The molecule has 4 saturated heterocycles. The fourth-order valence-electron chi connectivity index (χ4n) is 5.46. The second-order valence-electron chi connectivity index (χ2n) is 8.11. The van der Waals surface area contributed by atoms with E-state index in [0.717, 1.165) is 31.1 Å². The molecule has 1 N–H and O–H groups in total. The minimum Gasteiger partial charge on any atom is -0.497 e. The number of hydrogen-bond donors (Lipinski definition) is 1. The zero-order chi connectivity index (χ0) is 18.5. The number of likely N-dealkylation sites (tertiary alicyclic amines) is 1. The van der Waals surface area contributed by atoms with E-state index in [1.807, 2.05) is 19.1 Å². The van der Waals surface area contributed by atoms with Crippen molar-refractivity contribution >= 4 is 5.91 Å². The maximum Gasteiger partial charge on any atom is 0.289 e. The maximum absolute atomic E-state index is 13.3. The largest absolute Gasteiger partial charge is 0.497 e. The van der Waals surface area contributed by atoms with E-state index in [4.69, 9.17) is 4.74 Å². The number of benzene rings is 1. The standard InChI is InChI=1S/C21H26N4O2/c1-13-11-22-20(23-13)21(26)25-12-17(14-3-5-16(27-2)6-4-14)19-18(25)15-7-9-24(19)10-8-15/h3-6,11,15,17-19H,7-10,12H2,1-2H3,(H,22,23)/t17-,18+,19+/m0/s1. The first-order valence-electron chi connectivity index (χ1n) is 9.86. The second-order valence-corrected chi connectivity index (χ2v) is 8.11. The zero-order valence-corrected chi connectivity index (χ0v) is 15.9. The van der Waals surface area contributed by atoms with E-state index in [0.29, 0.717) is 23.7 Å². The Morgan fingerprint density at radius 3 is 2.56 bits per heavy atom. The molecule has 3 atom stereocenters. The summed E-state index contributed by atoms with van der Waals surface area (Å²) in [6.45, 7) is 5.00. The van der Waals surface area contributed by atoms with Crippen molar-refractivity contribution in [1.29, 1.82) is 0 Å². The Bertz CT molecular complexity index is 838. The van der Waals surface area contributed by atoms with Crippen molar-refractivity contribution in [2.24, 2.45) is 5.92 Å². The lowest BCUT2D eigenvalue weighted by atomic mass is 9.75. The summed E-state index contributed by atoms with van der Waals surface area (Å²) in [6.07, 6.45) is 4.12. The summed E-state index contributed by atoms with van der Waals surface area (Å²) in [7, 11) is 1.69. The normalized spacial score (nSPS) is 31.8. The first-order valence-corrected chi connectivity index (χ1v) is 9.86. The molecule has 142 valence electrons. The average molecular weight is 366 g/mol. The predicted octanol–water partition coefficient (Wildman–Crippen LogP) is 2.43. The Morgan fingerprint density at radius 2 is 1.93 bits per heavy atom. The highest BCUT2D eigenvalue weighted by Gasteiger charge is 2.54. The number of nitrogens with one attached hydrogen (secondary N) is 1. The highest BCUT2D eigenvalue weighted by molar-refractivity contribution is 5.91. The quantitative estimate of drug-likeness (QED) is 0.906. The monoisotopic (exact) mass is 366 g/mol. The molecule has 6 nitrogen and oxygen atoms in total. The molecule has 4 aliphatic heterocycles. The number of hydrogen-bond acceptors (Lipinski definition) is 4. The summed E-state index contributed by atoms with van der Waals surface area (Å²) in [5.41, 5.74) is 2.22. The van der Waals surface area contributed by atoms with E-state index in [-0.39, 0.29) is 11.9 Å². The third-order valence-corrected chi connectivity index (χ3v) is 6.70. The van der Waals surface area contributed by atoms with Crippen LogP contribution < -0.4 is 4.74 Å². The summed E-state index contributed by atoms with van der Waals surface area (Å²) < 4.78 is 5.32. The van der Waals surface area contributed by atoms with E-state index in [9.17, 15) is 4.79 Å². The topological polar surface area (TPSA) is 61.5 Å². The van der Waals surface area contributed by atoms with Gasteiger partial charge in [0.25, 0.3) is 5.91 Å². The van der Waals surface area contributed by atoms with Gasteiger partial charge in [-0.05, 0) is 56.5 Å². The number of methoxy groups -OCH3 is 1. The molecule has 2 bridgehead atoms. The molecule has 0 saturated carbocycles. The van der Waals surface area contributed by atoms with Crippen molar-refractivity contribution in [3.8, 4) is 5.75 Å². The molecule has 27 heavy (non-hydrogen) atoms. The van der Waals surface area contributed by atoms with E-state index in [1.54, 1.807) is 13.3 Å². The van der Waals surface area contributed by atoms with E-state index in [2.05, 4.69) is 31.9 Å². The first-order chi connectivity index (χ1) is 13.2. The summed E-state index contributed by atoms with van der Waals surface area (Å²) >= 11 is 0. The van der Waals surface area contributed by atoms with Crippen molar-refractivity contribution in [3.63, 3.8) is 0 Å². The molecule has 0 spiro atoms. The summed E-state index contributed by atoms with van der Waals surface area (Å²) in [5, 5.41) is 0. The number of carbonyl (C=O) groups excluding carboxylic acids is 1. The number of rotatable bonds is 3. The second kappa shape index (κ2) is 6.37. The number of aromatic nitrogens is 2. The highest BCUT2D eigenvalue weighted by atomic mass is 16.5. The molecule has 6 rings (SSSR count). The minimum atomic E-state index is 0.0443. The van der Waals surface area contributed by atoms with Gasteiger partial charge in [-0.3, -0.25) is 9.69 Å². The molecule has 0 unspecified atom stereocenters. The van der Waals surface area contributed by atoms with Crippen LogP contribution in [-0.2, 0) is 0 Å². The van der Waals surface area contributed by atoms with Crippen LogP contribution in [0.1, 0.15) is 40.6 Å². The number of carbonyl (C=O) groups is 1. The Morgan fingerprint density at radius 1 is 1.19 bits per heavy atom. The van der Waals surface area contributed by atoms with Crippen molar-refractivity contribution in [2.75, 3.05) is 26.7 Å². The molecule has 6 heteroatoms. The molecule has 4 aliphatic rings. The van der Waals surface area contributed by atoms with Crippen LogP contribution >= 0.6 is 0 Å². The number of H-pyrrole nitrogens is 1. The molecular weight excluding hydrogens is 340 g/mol. The van der Waals surface area contributed by atoms with Crippen molar-refractivity contribution in [2.45, 2.75) is 37.8 Å². The number of ether oxygens (including phenoxy) is 1. The molecule has 1 aromatic heterocycles. The van der Waals surface area contributed by atoms with Gasteiger partial charge in [0.05, 0.1) is 13.2 Å². The number of piperidine rings is 3.